The molecule has 1 saturated heterocycles. The summed E-state index contributed by atoms with van der Waals surface area (Å²) in [6.07, 6.45) is 0.296. The van der Waals surface area contributed by atoms with Crippen molar-refractivity contribution >= 4 is 24.5 Å². The zero-order valence-electron chi connectivity index (χ0n) is 24.0. The van der Waals surface area contributed by atoms with E-state index in [0.29, 0.717) is 12.0 Å². The summed E-state index contributed by atoms with van der Waals surface area (Å²) < 4.78 is 17.9. The molecular weight excluding hydrogens is 465 g/mol. The summed E-state index contributed by atoms with van der Waals surface area (Å²) in [6.45, 7) is 19.9. The molecular formula is C30H42BNO5. The van der Waals surface area contributed by atoms with Crippen molar-refractivity contribution < 1.29 is 23.6 Å². The molecule has 2 aromatic carbocycles. The normalized spacial score (nSPS) is 17.8. The van der Waals surface area contributed by atoms with Gasteiger partial charge in [-0.05, 0) is 82.6 Å². The van der Waals surface area contributed by atoms with Crippen LogP contribution in [-0.2, 0) is 30.7 Å². The van der Waals surface area contributed by atoms with Gasteiger partial charge >= 0.3 is 13.1 Å². The van der Waals surface area contributed by atoms with Crippen LogP contribution in [-0.4, -0.2) is 41.8 Å². The third kappa shape index (κ3) is 7.23. The van der Waals surface area contributed by atoms with Crippen molar-refractivity contribution in [2.24, 2.45) is 0 Å². The molecule has 1 aliphatic rings. The fraction of sp³-hybridized carbons (Fsp3) is 0.533. The molecule has 1 atom stereocenters. The Labute approximate surface area is 222 Å². The fourth-order valence-corrected chi connectivity index (χ4v) is 3.96. The first-order valence-corrected chi connectivity index (χ1v) is 13.0. The van der Waals surface area contributed by atoms with E-state index < -0.39 is 35.9 Å². The number of ether oxygens (including phenoxy) is 1. The molecule has 200 valence electrons. The molecule has 0 aromatic heterocycles. The number of hydrogen-bond donors (Lipinski definition) is 1. The second-order valence-electron chi connectivity index (χ2n) is 12.9. The number of hydrogen-bond acceptors (Lipinski definition) is 5. The Bertz CT molecular complexity index is 1090. The van der Waals surface area contributed by atoms with Crippen LogP contribution in [0.1, 0.15) is 90.7 Å². The topological polar surface area (TPSA) is 73.9 Å². The van der Waals surface area contributed by atoms with Crippen LogP contribution in [0.3, 0.4) is 0 Å². The van der Waals surface area contributed by atoms with Gasteiger partial charge in [-0.1, -0.05) is 57.2 Å². The first-order chi connectivity index (χ1) is 16.9. The minimum atomic E-state index is -0.836. The van der Waals surface area contributed by atoms with E-state index in [0.717, 1.165) is 16.6 Å². The van der Waals surface area contributed by atoms with E-state index in [1.165, 1.54) is 0 Å². The average Bonchev–Trinajstić information content (AvgIpc) is 2.99. The van der Waals surface area contributed by atoms with Gasteiger partial charge in [0, 0.05) is 12.0 Å². The SMILES string of the molecule is CC(C)(C)OC(=O)C(Cc1ccc(B2OC(C)(C)C(C)(C)O2)cc1)NC(=O)c1ccc(C(C)(C)C)cc1. The Balaban J connectivity index is 1.76. The molecule has 1 fully saturated rings. The van der Waals surface area contributed by atoms with Crippen molar-refractivity contribution in [2.75, 3.05) is 0 Å². The van der Waals surface area contributed by atoms with Crippen LogP contribution < -0.4 is 10.8 Å². The Morgan fingerprint density at radius 1 is 0.865 bits per heavy atom. The Morgan fingerprint density at radius 2 is 1.38 bits per heavy atom. The Hall–Kier alpha value is -2.64. The molecule has 3 rings (SSSR count). The number of benzene rings is 2. The first-order valence-electron chi connectivity index (χ1n) is 13.0. The summed E-state index contributed by atoms with van der Waals surface area (Å²) in [5.41, 5.74) is 1.89. The van der Waals surface area contributed by atoms with Crippen molar-refractivity contribution in [1.82, 2.24) is 5.32 Å². The van der Waals surface area contributed by atoms with Crippen LogP contribution in [0.15, 0.2) is 48.5 Å². The van der Waals surface area contributed by atoms with Gasteiger partial charge in [-0.25, -0.2) is 4.79 Å². The van der Waals surface area contributed by atoms with Gasteiger partial charge in [-0.15, -0.1) is 0 Å². The monoisotopic (exact) mass is 507 g/mol. The second kappa shape index (κ2) is 10.3. The highest BCUT2D eigenvalue weighted by Gasteiger charge is 2.51. The Morgan fingerprint density at radius 3 is 1.84 bits per heavy atom. The molecule has 6 nitrogen and oxygen atoms in total. The molecule has 0 bridgehead atoms. The van der Waals surface area contributed by atoms with Gasteiger partial charge in [0.25, 0.3) is 5.91 Å². The molecule has 1 heterocycles. The molecule has 2 aromatic rings. The van der Waals surface area contributed by atoms with Crippen LogP contribution in [0.5, 0.6) is 0 Å². The lowest BCUT2D eigenvalue weighted by atomic mass is 9.78. The van der Waals surface area contributed by atoms with Crippen molar-refractivity contribution in [2.45, 2.75) is 104 Å². The molecule has 1 unspecified atom stereocenters. The average molecular weight is 507 g/mol. The molecule has 1 N–H and O–H groups in total. The van der Waals surface area contributed by atoms with E-state index >= 15 is 0 Å². The number of nitrogens with one attached hydrogen (secondary N) is 1. The molecule has 0 saturated carbocycles. The van der Waals surface area contributed by atoms with E-state index in [-0.39, 0.29) is 11.3 Å². The van der Waals surface area contributed by atoms with Crippen LogP contribution in [0.25, 0.3) is 0 Å². The third-order valence-electron chi connectivity index (χ3n) is 6.95. The number of esters is 1. The highest BCUT2D eigenvalue weighted by atomic mass is 16.7. The maximum Gasteiger partial charge on any atom is 0.494 e. The summed E-state index contributed by atoms with van der Waals surface area (Å²) in [7, 11) is -0.462. The maximum atomic E-state index is 13.1. The van der Waals surface area contributed by atoms with Gasteiger partial charge in [0.05, 0.1) is 11.2 Å². The smallest absolute Gasteiger partial charge is 0.458 e. The van der Waals surface area contributed by atoms with Gasteiger partial charge in [-0.2, -0.15) is 0 Å². The highest BCUT2D eigenvalue weighted by molar-refractivity contribution is 6.62. The van der Waals surface area contributed by atoms with Gasteiger partial charge in [0.15, 0.2) is 0 Å². The maximum absolute atomic E-state index is 13.1. The third-order valence-corrected chi connectivity index (χ3v) is 6.95. The van der Waals surface area contributed by atoms with Crippen LogP contribution in [0, 0.1) is 0 Å². The lowest BCUT2D eigenvalue weighted by Gasteiger charge is -2.32. The summed E-state index contributed by atoms with van der Waals surface area (Å²) in [5, 5.41) is 2.89. The molecule has 0 radical (unpaired) electrons. The lowest BCUT2D eigenvalue weighted by Crippen LogP contribution is -2.45. The fourth-order valence-electron chi connectivity index (χ4n) is 3.96. The van der Waals surface area contributed by atoms with E-state index in [1.54, 1.807) is 12.1 Å². The van der Waals surface area contributed by atoms with Gasteiger partial charge < -0.3 is 19.4 Å². The van der Waals surface area contributed by atoms with Gasteiger partial charge in [-0.3, -0.25) is 4.79 Å². The predicted octanol–water partition coefficient (Wildman–Crippen LogP) is 4.97. The standard InChI is InChI=1S/C30H42BNO5/c1-27(2,3)22-15-13-21(14-16-22)25(33)32-24(26(34)35-28(4,5)6)19-20-11-17-23(18-12-20)31-36-29(7,8)30(9,10)37-31/h11-18,24H,19H2,1-10H3,(H,32,33). The van der Waals surface area contributed by atoms with Gasteiger partial charge in [0.2, 0.25) is 0 Å². The number of carbonyl (C=O) groups is 2. The zero-order chi connectivity index (χ0) is 27.8. The van der Waals surface area contributed by atoms with E-state index in [2.05, 4.69) is 26.1 Å². The first kappa shape index (κ1) is 28.9. The number of amides is 1. The molecule has 7 heteroatoms. The summed E-state index contributed by atoms with van der Waals surface area (Å²) in [6, 6.07) is 14.4. The van der Waals surface area contributed by atoms with Crippen LogP contribution in [0.4, 0.5) is 0 Å². The minimum Gasteiger partial charge on any atom is -0.458 e. The molecule has 37 heavy (non-hydrogen) atoms. The van der Waals surface area contributed by atoms with Crippen molar-refractivity contribution in [3.05, 3.63) is 65.2 Å². The minimum absolute atomic E-state index is 0.0136. The largest absolute Gasteiger partial charge is 0.494 e. The lowest BCUT2D eigenvalue weighted by molar-refractivity contribution is -0.157. The van der Waals surface area contributed by atoms with E-state index in [1.807, 2.05) is 84.9 Å². The quantitative estimate of drug-likeness (QED) is 0.442. The van der Waals surface area contributed by atoms with E-state index in [9.17, 15) is 9.59 Å². The van der Waals surface area contributed by atoms with Crippen molar-refractivity contribution in [3.63, 3.8) is 0 Å². The number of carbonyl (C=O) groups excluding carboxylic acids is 2. The number of rotatable bonds is 6. The summed E-state index contributed by atoms with van der Waals surface area (Å²) in [5.74, 6) is -0.785. The van der Waals surface area contributed by atoms with Crippen LogP contribution in [0.2, 0.25) is 0 Å². The van der Waals surface area contributed by atoms with Crippen LogP contribution >= 0.6 is 0 Å². The highest BCUT2D eigenvalue weighted by Crippen LogP contribution is 2.36. The zero-order valence-corrected chi connectivity index (χ0v) is 24.0. The molecule has 0 aliphatic carbocycles. The molecule has 1 aliphatic heterocycles. The van der Waals surface area contributed by atoms with Crippen molar-refractivity contribution in [3.8, 4) is 0 Å². The summed E-state index contributed by atoms with van der Waals surface area (Å²) >= 11 is 0. The predicted molar refractivity (Wildman–Crippen MR) is 148 cm³/mol. The van der Waals surface area contributed by atoms with Gasteiger partial charge in [0.1, 0.15) is 11.6 Å². The molecule has 1 amide bonds. The summed E-state index contributed by atoms with van der Waals surface area (Å²) in [4.78, 5) is 26.1. The second-order valence-corrected chi connectivity index (χ2v) is 12.9. The molecule has 0 spiro atoms. The van der Waals surface area contributed by atoms with E-state index in [4.69, 9.17) is 14.0 Å². The van der Waals surface area contributed by atoms with Crippen molar-refractivity contribution in [1.29, 1.82) is 0 Å². The Kier molecular flexibility index (Phi) is 8.02.